The fourth-order valence-corrected chi connectivity index (χ4v) is 2.47. The first-order valence-corrected chi connectivity index (χ1v) is 7.17. The van der Waals surface area contributed by atoms with Gasteiger partial charge in [0, 0.05) is 4.90 Å². The summed E-state index contributed by atoms with van der Waals surface area (Å²) in [5.74, 6) is -0.622. The molecule has 1 N–H and O–H groups in total. The van der Waals surface area contributed by atoms with Gasteiger partial charge in [-0.1, -0.05) is 29.1 Å². The smallest absolute Gasteiger partial charge is 0.314 e. The van der Waals surface area contributed by atoms with Crippen LogP contribution in [0.2, 0.25) is 0 Å². The van der Waals surface area contributed by atoms with Gasteiger partial charge in [0.05, 0.1) is 5.75 Å². The fourth-order valence-electron chi connectivity index (χ4n) is 1.18. The van der Waals surface area contributed by atoms with Crippen LogP contribution in [0.25, 0.3) is 0 Å². The lowest BCUT2D eigenvalue weighted by atomic mass is 10.3. The van der Waals surface area contributed by atoms with Gasteiger partial charge in [-0.15, -0.1) is 11.8 Å². The van der Waals surface area contributed by atoms with Crippen LogP contribution >= 0.6 is 23.5 Å². The molecule has 0 radical (unpaired) electrons. The molecule has 100 valence electrons. The average Bonchev–Trinajstić information content (AvgIpc) is 2.83. The van der Waals surface area contributed by atoms with Crippen molar-refractivity contribution in [1.29, 1.82) is 0 Å². The molecule has 2 aromatic rings. The van der Waals surface area contributed by atoms with Crippen molar-refractivity contribution in [3.63, 3.8) is 0 Å². The van der Waals surface area contributed by atoms with E-state index in [1.807, 2.05) is 0 Å². The molecule has 0 aliphatic rings. The second-order valence-electron chi connectivity index (χ2n) is 3.38. The summed E-state index contributed by atoms with van der Waals surface area (Å²) in [5.41, 5.74) is 0. The molecule has 2 rings (SSSR count). The standard InChI is InChI=1S/C11H9FN2O3S2/c12-7-3-1-2-4-8(7)18-5-9-13-11(17-14-9)19-6-10(15)16/h1-4H,5-6H2,(H,15,16). The molecule has 8 heteroatoms. The van der Waals surface area contributed by atoms with E-state index in [-0.39, 0.29) is 16.8 Å². The van der Waals surface area contributed by atoms with E-state index < -0.39 is 5.97 Å². The summed E-state index contributed by atoms with van der Waals surface area (Å²) in [6, 6.07) is 6.41. The molecule has 1 heterocycles. The number of thioether (sulfide) groups is 2. The first kappa shape index (κ1) is 13.9. The Morgan fingerprint density at radius 2 is 2.16 bits per heavy atom. The lowest BCUT2D eigenvalue weighted by Gasteiger charge is -1.98. The highest BCUT2D eigenvalue weighted by Crippen LogP contribution is 2.25. The van der Waals surface area contributed by atoms with Gasteiger partial charge >= 0.3 is 5.97 Å². The van der Waals surface area contributed by atoms with Crippen LogP contribution in [0.3, 0.4) is 0 Å². The lowest BCUT2D eigenvalue weighted by molar-refractivity contribution is -0.133. The minimum absolute atomic E-state index is 0.137. The Labute approximate surface area is 116 Å². The van der Waals surface area contributed by atoms with E-state index in [0.717, 1.165) is 11.8 Å². The molecular formula is C11H9FN2O3S2. The first-order valence-electron chi connectivity index (χ1n) is 5.19. The quantitative estimate of drug-likeness (QED) is 0.822. The molecule has 0 unspecified atom stereocenters. The molecule has 0 aliphatic heterocycles. The predicted octanol–water partition coefficient (Wildman–Crippen LogP) is 2.68. The van der Waals surface area contributed by atoms with Gasteiger partial charge in [-0.2, -0.15) is 4.98 Å². The van der Waals surface area contributed by atoms with Crippen molar-refractivity contribution in [2.24, 2.45) is 0 Å². The van der Waals surface area contributed by atoms with E-state index >= 15 is 0 Å². The zero-order valence-electron chi connectivity index (χ0n) is 9.58. The van der Waals surface area contributed by atoms with Gasteiger partial charge in [-0.3, -0.25) is 4.79 Å². The Balaban J connectivity index is 1.90. The summed E-state index contributed by atoms with van der Waals surface area (Å²) >= 11 is 2.20. The summed E-state index contributed by atoms with van der Waals surface area (Å²) in [6.07, 6.45) is 0. The molecule has 0 spiro atoms. The molecule has 1 aromatic carbocycles. The summed E-state index contributed by atoms with van der Waals surface area (Å²) in [7, 11) is 0. The minimum atomic E-state index is -0.953. The van der Waals surface area contributed by atoms with Crippen molar-refractivity contribution in [3.05, 3.63) is 35.9 Å². The topological polar surface area (TPSA) is 76.2 Å². The van der Waals surface area contributed by atoms with Gasteiger partial charge in [0.2, 0.25) is 0 Å². The van der Waals surface area contributed by atoms with Crippen molar-refractivity contribution in [2.45, 2.75) is 15.9 Å². The number of benzene rings is 1. The Hall–Kier alpha value is -1.54. The second-order valence-corrected chi connectivity index (χ2v) is 5.32. The minimum Gasteiger partial charge on any atom is -0.481 e. The van der Waals surface area contributed by atoms with Crippen LogP contribution in [0.15, 0.2) is 38.9 Å². The summed E-state index contributed by atoms with van der Waals surface area (Å²) in [5, 5.41) is 12.4. The van der Waals surface area contributed by atoms with Crippen molar-refractivity contribution < 1.29 is 18.8 Å². The number of nitrogens with zero attached hydrogens (tertiary/aromatic N) is 2. The van der Waals surface area contributed by atoms with E-state index in [1.54, 1.807) is 18.2 Å². The van der Waals surface area contributed by atoms with Crippen LogP contribution in [0, 0.1) is 5.82 Å². The zero-order valence-corrected chi connectivity index (χ0v) is 11.2. The van der Waals surface area contributed by atoms with E-state index in [4.69, 9.17) is 9.63 Å². The SMILES string of the molecule is O=C(O)CSc1nc(CSc2ccccc2F)no1. The summed E-state index contributed by atoms with van der Waals surface area (Å²) in [6.45, 7) is 0. The van der Waals surface area contributed by atoms with Crippen LogP contribution in [0.1, 0.15) is 5.82 Å². The van der Waals surface area contributed by atoms with Crippen LogP contribution < -0.4 is 0 Å². The molecule has 0 amide bonds. The van der Waals surface area contributed by atoms with Crippen molar-refractivity contribution >= 4 is 29.5 Å². The largest absolute Gasteiger partial charge is 0.481 e. The number of aromatic nitrogens is 2. The molecule has 0 saturated heterocycles. The fraction of sp³-hybridized carbons (Fsp3) is 0.182. The Morgan fingerprint density at radius 1 is 1.37 bits per heavy atom. The molecular weight excluding hydrogens is 291 g/mol. The van der Waals surface area contributed by atoms with Crippen LogP contribution in [0.4, 0.5) is 4.39 Å². The zero-order chi connectivity index (χ0) is 13.7. The van der Waals surface area contributed by atoms with Crippen LogP contribution in [-0.4, -0.2) is 27.0 Å². The number of rotatable bonds is 6. The van der Waals surface area contributed by atoms with Gasteiger partial charge in [-0.25, -0.2) is 4.39 Å². The summed E-state index contributed by atoms with van der Waals surface area (Å²) in [4.78, 5) is 14.9. The van der Waals surface area contributed by atoms with Gasteiger partial charge in [0.25, 0.3) is 5.22 Å². The van der Waals surface area contributed by atoms with Crippen molar-refractivity contribution in [2.75, 3.05) is 5.75 Å². The van der Waals surface area contributed by atoms with Gasteiger partial charge in [0.15, 0.2) is 5.82 Å². The van der Waals surface area contributed by atoms with E-state index in [9.17, 15) is 9.18 Å². The Morgan fingerprint density at radius 3 is 2.89 bits per heavy atom. The van der Waals surface area contributed by atoms with E-state index in [1.165, 1.54) is 17.8 Å². The Kier molecular flexibility index (Phi) is 4.80. The van der Waals surface area contributed by atoms with E-state index in [2.05, 4.69) is 10.1 Å². The highest BCUT2D eigenvalue weighted by Gasteiger charge is 2.10. The molecule has 0 fully saturated rings. The van der Waals surface area contributed by atoms with Gasteiger partial charge in [0.1, 0.15) is 11.6 Å². The molecule has 1 aromatic heterocycles. The monoisotopic (exact) mass is 300 g/mol. The predicted molar refractivity (Wildman–Crippen MR) is 68.6 cm³/mol. The maximum Gasteiger partial charge on any atom is 0.314 e. The van der Waals surface area contributed by atoms with Crippen LogP contribution in [-0.2, 0) is 10.5 Å². The molecule has 0 aliphatic carbocycles. The molecule has 5 nitrogen and oxygen atoms in total. The van der Waals surface area contributed by atoms with Gasteiger partial charge in [-0.05, 0) is 12.1 Å². The average molecular weight is 300 g/mol. The third-order valence-electron chi connectivity index (χ3n) is 1.96. The van der Waals surface area contributed by atoms with Gasteiger partial charge < -0.3 is 9.63 Å². The molecule has 19 heavy (non-hydrogen) atoms. The normalized spacial score (nSPS) is 10.6. The maximum atomic E-state index is 13.4. The molecule has 0 saturated carbocycles. The lowest BCUT2D eigenvalue weighted by Crippen LogP contribution is -1.97. The highest BCUT2D eigenvalue weighted by atomic mass is 32.2. The molecule has 0 atom stereocenters. The van der Waals surface area contributed by atoms with E-state index in [0.29, 0.717) is 16.5 Å². The number of carbonyl (C=O) groups is 1. The summed E-state index contributed by atoms with van der Waals surface area (Å²) < 4.78 is 18.2. The van der Waals surface area contributed by atoms with Crippen molar-refractivity contribution in [3.8, 4) is 0 Å². The third kappa shape index (κ3) is 4.25. The number of carboxylic acid groups (broad SMARTS) is 1. The number of halogens is 1. The van der Waals surface area contributed by atoms with Crippen molar-refractivity contribution in [1.82, 2.24) is 10.1 Å². The number of hydrogen-bond donors (Lipinski definition) is 1. The maximum absolute atomic E-state index is 13.4. The van der Waals surface area contributed by atoms with Crippen LogP contribution in [0.5, 0.6) is 0 Å². The number of carboxylic acids is 1. The first-order chi connectivity index (χ1) is 9.15. The third-order valence-corrected chi connectivity index (χ3v) is 3.81. The number of hydrogen-bond acceptors (Lipinski definition) is 6. The Bertz CT molecular complexity index is 577. The number of aliphatic carboxylic acids is 1. The molecule has 0 bridgehead atoms. The second kappa shape index (κ2) is 6.58. The highest BCUT2D eigenvalue weighted by molar-refractivity contribution is 7.99.